The molecule has 17 heavy (non-hydrogen) atoms. The molecular formula is C13H24O3S. The summed E-state index contributed by atoms with van der Waals surface area (Å²) < 4.78 is 28.9. The number of hydrogen-bond donors (Lipinski definition) is 0. The number of hydrogen-bond acceptors (Lipinski definition) is 3. The van der Waals surface area contributed by atoms with E-state index in [0.717, 1.165) is 31.3 Å². The number of rotatable bonds is 3. The second-order valence-electron chi connectivity index (χ2n) is 5.23. The van der Waals surface area contributed by atoms with Gasteiger partial charge in [0.2, 0.25) is 0 Å². The van der Waals surface area contributed by atoms with Crippen molar-refractivity contribution in [2.45, 2.75) is 52.6 Å². The molecule has 1 fully saturated rings. The van der Waals surface area contributed by atoms with Gasteiger partial charge in [0, 0.05) is 0 Å². The van der Waals surface area contributed by atoms with Crippen LogP contribution >= 0.6 is 0 Å². The molecule has 4 heteroatoms. The first-order valence-electron chi connectivity index (χ1n) is 6.40. The van der Waals surface area contributed by atoms with Gasteiger partial charge in [0.05, 0.1) is 23.9 Å². The van der Waals surface area contributed by atoms with Gasteiger partial charge in [-0.3, -0.25) is 0 Å². The van der Waals surface area contributed by atoms with Gasteiger partial charge in [-0.15, -0.1) is 0 Å². The first kappa shape index (κ1) is 14.6. The van der Waals surface area contributed by atoms with Gasteiger partial charge in [0.15, 0.2) is 0 Å². The van der Waals surface area contributed by atoms with Crippen molar-refractivity contribution in [1.29, 1.82) is 0 Å². The van der Waals surface area contributed by atoms with Crippen LogP contribution in [0.4, 0.5) is 0 Å². The predicted octanol–water partition coefficient (Wildman–Crippen LogP) is 2.92. The van der Waals surface area contributed by atoms with Crippen molar-refractivity contribution in [3.63, 3.8) is 0 Å². The Morgan fingerprint density at radius 2 is 1.94 bits per heavy atom. The Morgan fingerprint density at radius 3 is 2.59 bits per heavy atom. The topological polar surface area (TPSA) is 43.4 Å². The lowest BCUT2D eigenvalue weighted by atomic mass is 9.94. The Balaban J connectivity index is 2.54. The third kappa shape index (κ3) is 5.57. The van der Waals surface area contributed by atoms with Crippen LogP contribution in [0.5, 0.6) is 0 Å². The number of sulfone groups is 1. The third-order valence-corrected chi connectivity index (χ3v) is 5.03. The molecule has 0 saturated carbocycles. The van der Waals surface area contributed by atoms with Gasteiger partial charge in [-0.25, -0.2) is 8.42 Å². The molecule has 2 unspecified atom stereocenters. The van der Waals surface area contributed by atoms with Gasteiger partial charge in [-0.2, -0.15) is 0 Å². The maximum absolute atomic E-state index is 11.6. The molecule has 0 N–H and O–H groups in total. The van der Waals surface area contributed by atoms with Gasteiger partial charge < -0.3 is 4.74 Å². The highest BCUT2D eigenvalue weighted by Gasteiger charge is 2.23. The molecule has 0 spiro atoms. The van der Waals surface area contributed by atoms with Crippen LogP contribution in [0.1, 0.15) is 46.5 Å². The zero-order valence-corrected chi connectivity index (χ0v) is 11.9. The average molecular weight is 260 g/mol. The first-order valence-corrected chi connectivity index (χ1v) is 8.22. The Hall–Kier alpha value is -0.510. The third-order valence-electron chi connectivity index (χ3n) is 3.26. The second kappa shape index (κ2) is 6.43. The normalized spacial score (nSPS) is 26.4. The maximum atomic E-state index is 11.6. The minimum Gasteiger partial charge on any atom is -0.498 e. The van der Waals surface area contributed by atoms with Crippen LogP contribution in [0.2, 0.25) is 0 Å². The summed E-state index contributed by atoms with van der Waals surface area (Å²) in [6, 6.07) is 0. The first-order chi connectivity index (χ1) is 7.91. The summed E-state index contributed by atoms with van der Waals surface area (Å²) >= 11 is 0. The van der Waals surface area contributed by atoms with E-state index in [2.05, 4.69) is 0 Å². The van der Waals surface area contributed by atoms with Gasteiger partial charge in [-0.05, 0) is 51.5 Å². The Morgan fingerprint density at radius 1 is 1.24 bits per heavy atom. The van der Waals surface area contributed by atoms with Crippen LogP contribution in [-0.4, -0.2) is 26.0 Å². The van der Waals surface area contributed by atoms with Crippen molar-refractivity contribution in [3.8, 4) is 0 Å². The molecule has 0 aromatic rings. The van der Waals surface area contributed by atoms with Crippen molar-refractivity contribution < 1.29 is 13.2 Å². The van der Waals surface area contributed by atoms with E-state index in [-0.39, 0.29) is 6.10 Å². The molecule has 1 rings (SSSR count). The van der Waals surface area contributed by atoms with Gasteiger partial charge in [0.25, 0.3) is 0 Å². The fourth-order valence-electron chi connectivity index (χ4n) is 2.13. The van der Waals surface area contributed by atoms with Gasteiger partial charge in [0.1, 0.15) is 9.84 Å². The van der Waals surface area contributed by atoms with Crippen molar-refractivity contribution in [1.82, 2.24) is 0 Å². The second-order valence-corrected chi connectivity index (χ2v) is 7.54. The molecule has 3 nitrogen and oxygen atoms in total. The maximum Gasteiger partial charge on any atom is 0.150 e. The average Bonchev–Trinajstić information content (AvgIpc) is 2.22. The molecule has 0 bridgehead atoms. The molecule has 100 valence electrons. The van der Waals surface area contributed by atoms with Crippen LogP contribution in [0.15, 0.2) is 11.8 Å². The summed E-state index contributed by atoms with van der Waals surface area (Å²) in [6.07, 6.45) is 5.49. The van der Waals surface area contributed by atoms with Gasteiger partial charge in [-0.1, -0.05) is 6.42 Å². The van der Waals surface area contributed by atoms with E-state index in [1.807, 2.05) is 20.8 Å². The fraction of sp³-hybridized carbons (Fsp3) is 0.846. The molecule has 1 heterocycles. The zero-order chi connectivity index (χ0) is 12.9. The van der Waals surface area contributed by atoms with E-state index in [4.69, 9.17) is 4.74 Å². The molecule has 1 aliphatic rings. The van der Waals surface area contributed by atoms with Crippen molar-refractivity contribution in [2.75, 3.05) is 11.5 Å². The van der Waals surface area contributed by atoms with Crippen molar-refractivity contribution in [2.24, 2.45) is 5.92 Å². The lowest BCUT2D eigenvalue weighted by Crippen LogP contribution is -2.25. The molecule has 0 aromatic heterocycles. The summed E-state index contributed by atoms with van der Waals surface area (Å²) in [5.41, 5.74) is 1.13. The lowest BCUT2D eigenvalue weighted by Gasteiger charge is -2.25. The molecule has 0 radical (unpaired) electrons. The van der Waals surface area contributed by atoms with E-state index in [1.54, 1.807) is 6.26 Å². The van der Waals surface area contributed by atoms with Crippen LogP contribution in [0.3, 0.4) is 0 Å². The van der Waals surface area contributed by atoms with Crippen LogP contribution in [0.25, 0.3) is 0 Å². The molecular weight excluding hydrogens is 236 g/mol. The van der Waals surface area contributed by atoms with E-state index in [9.17, 15) is 8.42 Å². The van der Waals surface area contributed by atoms with Crippen molar-refractivity contribution >= 4 is 9.84 Å². The fourth-order valence-corrected chi connectivity index (χ4v) is 3.64. The number of allylic oxidation sites excluding steroid dienone is 1. The van der Waals surface area contributed by atoms with Crippen LogP contribution in [0, 0.1) is 5.92 Å². The minimum absolute atomic E-state index is 0.109. The summed E-state index contributed by atoms with van der Waals surface area (Å²) in [6.45, 7) is 6.03. The predicted molar refractivity (Wildman–Crippen MR) is 70.6 cm³/mol. The Bertz CT molecular complexity index is 353. The van der Waals surface area contributed by atoms with Gasteiger partial charge >= 0.3 is 0 Å². The SMILES string of the molecule is CC(C)=COC(C)C1CCCCS(=O)(=O)CC1. The van der Waals surface area contributed by atoms with E-state index in [0.29, 0.717) is 17.4 Å². The van der Waals surface area contributed by atoms with Crippen LogP contribution < -0.4 is 0 Å². The van der Waals surface area contributed by atoms with E-state index < -0.39 is 9.84 Å². The molecule has 0 amide bonds. The largest absolute Gasteiger partial charge is 0.498 e. The highest BCUT2D eigenvalue weighted by molar-refractivity contribution is 7.91. The summed E-state index contributed by atoms with van der Waals surface area (Å²) in [5, 5.41) is 0. The molecule has 1 saturated heterocycles. The smallest absolute Gasteiger partial charge is 0.150 e. The quantitative estimate of drug-likeness (QED) is 0.733. The standard InChI is InChI=1S/C13H24O3S/c1-11(2)10-16-12(3)13-6-4-5-8-17(14,15)9-7-13/h10,12-13H,4-9H2,1-3H3. The highest BCUT2D eigenvalue weighted by atomic mass is 32.2. The monoisotopic (exact) mass is 260 g/mol. The van der Waals surface area contributed by atoms with E-state index in [1.165, 1.54) is 0 Å². The summed E-state index contributed by atoms with van der Waals surface area (Å²) in [7, 11) is -2.81. The molecule has 1 aliphatic heterocycles. The highest BCUT2D eigenvalue weighted by Crippen LogP contribution is 2.23. The van der Waals surface area contributed by atoms with Crippen molar-refractivity contribution in [3.05, 3.63) is 11.8 Å². The number of ether oxygens (including phenoxy) is 1. The summed E-state index contributed by atoms with van der Waals surface area (Å²) in [5.74, 6) is 1.05. The summed E-state index contributed by atoms with van der Waals surface area (Å²) in [4.78, 5) is 0. The molecule has 0 aliphatic carbocycles. The lowest BCUT2D eigenvalue weighted by molar-refractivity contribution is 0.0923. The Kier molecular flexibility index (Phi) is 5.50. The minimum atomic E-state index is -2.81. The molecule has 0 aromatic carbocycles. The van der Waals surface area contributed by atoms with E-state index >= 15 is 0 Å². The Labute approximate surface area is 105 Å². The molecule has 2 atom stereocenters. The zero-order valence-electron chi connectivity index (χ0n) is 11.1. The van der Waals surface area contributed by atoms with Crippen LogP contribution in [-0.2, 0) is 14.6 Å².